The van der Waals surface area contributed by atoms with Crippen molar-refractivity contribution < 1.29 is 4.74 Å². The fraction of sp³-hybridized carbons (Fsp3) is 0.0667. The normalized spacial score (nSPS) is 11.0. The molecular formula is C15H12N6O3. The highest BCUT2D eigenvalue weighted by Gasteiger charge is 2.16. The van der Waals surface area contributed by atoms with Crippen molar-refractivity contribution in [3.05, 3.63) is 51.2 Å². The predicted molar refractivity (Wildman–Crippen MR) is 88.9 cm³/mol. The van der Waals surface area contributed by atoms with E-state index in [1.807, 2.05) is 0 Å². The van der Waals surface area contributed by atoms with Crippen LogP contribution in [-0.2, 0) is 0 Å². The monoisotopic (exact) mass is 324 g/mol. The number of aromatic amines is 3. The number of rotatable bonds is 3. The van der Waals surface area contributed by atoms with Gasteiger partial charge in [0.25, 0.3) is 11.1 Å². The number of methoxy groups -OCH3 is 1. The van der Waals surface area contributed by atoms with Gasteiger partial charge in [-0.05, 0) is 24.3 Å². The van der Waals surface area contributed by atoms with Crippen molar-refractivity contribution in [2.75, 3.05) is 12.4 Å². The Balaban J connectivity index is 2.00. The second-order valence-corrected chi connectivity index (χ2v) is 5.10. The third kappa shape index (κ3) is 2.10. The summed E-state index contributed by atoms with van der Waals surface area (Å²) in [6.07, 6.45) is 1.55. The van der Waals surface area contributed by atoms with Crippen LogP contribution in [0.25, 0.3) is 21.9 Å². The van der Waals surface area contributed by atoms with Gasteiger partial charge in [0.05, 0.1) is 29.8 Å². The van der Waals surface area contributed by atoms with Crippen molar-refractivity contribution in [3.63, 3.8) is 0 Å². The van der Waals surface area contributed by atoms with E-state index in [4.69, 9.17) is 4.74 Å². The number of ether oxygens (including phenoxy) is 1. The predicted octanol–water partition coefficient (Wildman–Crippen LogP) is 1.24. The Labute approximate surface area is 133 Å². The molecule has 0 aliphatic heterocycles. The van der Waals surface area contributed by atoms with Crippen LogP contribution in [0.5, 0.6) is 5.75 Å². The third-order valence-corrected chi connectivity index (χ3v) is 3.69. The van der Waals surface area contributed by atoms with E-state index < -0.39 is 11.1 Å². The molecule has 0 saturated heterocycles. The van der Waals surface area contributed by atoms with Gasteiger partial charge in [-0.1, -0.05) is 0 Å². The maximum atomic E-state index is 12.3. The number of hydrogen-bond donors (Lipinski definition) is 4. The fourth-order valence-corrected chi connectivity index (χ4v) is 2.54. The minimum Gasteiger partial charge on any atom is -0.497 e. The maximum Gasteiger partial charge on any atom is 0.289 e. The molecule has 0 bridgehead atoms. The highest BCUT2D eigenvalue weighted by molar-refractivity contribution is 6.06. The standard InChI is InChI=1S/C15H12N6O3/c1-24-8-4-2-7(3-5-8)17-11-9-6-16-19-13(9)18-12-10(11)14(22)20-21-15(12)23/h2-6H,1H3,(H,20,22)(H,21,23)(H2,16,17,18,19). The van der Waals surface area contributed by atoms with Crippen LogP contribution in [0.3, 0.4) is 0 Å². The molecule has 0 unspecified atom stereocenters. The summed E-state index contributed by atoms with van der Waals surface area (Å²) in [5.74, 6) is 0.711. The van der Waals surface area contributed by atoms with Gasteiger partial charge < -0.3 is 10.1 Å². The zero-order valence-electron chi connectivity index (χ0n) is 12.5. The maximum absolute atomic E-state index is 12.3. The number of H-pyrrole nitrogens is 3. The topological polar surface area (TPSA) is 129 Å². The van der Waals surface area contributed by atoms with Crippen LogP contribution in [-0.4, -0.2) is 32.5 Å². The van der Waals surface area contributed by atoms with E-state index in [1.54, 1.807) is 37.6 Å². The zero-order chi connectivity index (χ0) is 16.7. The Hall–Kier alpha value is -3.62. The highest BCUT2D eigenvalue weighted by Crippen LogP contribution is 2.29. The first kappa shape index (κ1) is 14.0. The van der Waals surface area contributed by atoms with Crippen molar-refractivity contribution in [2.24, 2.45) is 0 Å². The van der Waals surface area contributed by atoms with Crippen molar-refractivity contribution in [3.8, 4) is 5.75 Å². The second kappa shape index (κ2) is 5.23. The lowest BCUT2D eigenvalue weighted by atomic mass is 10.1. The summed E-state index contributed by atoms with van der Waals surface area (Å²) in [4.78, 5) is 28.5. The van der Waals surface area contributed by atoms with Crippen LogP contribution in [0.2, 0.25) is 0 Å². The largest absolute Gasteiger partial charge is 0.497 e. The van der Waals surface area contributed by atoms with Crippen molar-refractivity contribution in [1.29, 1.82) is 0 Å². The molecule has 0 atom stereocenters. The van der Waals surface area contributed by atoms with E-state index in [-0.39, 0.29) is 10.9 Å². The molecule has 4 aromatic rings. The number of pyridine rings is 1. The molecule has 4 rings (SSSR count). The molecule has 120 valence electrons. The van der Waals surface area contributed by atoms with Gasteiger partial charge in [0.1, 0.15) is 11.3 Å². The fourth-order valence-electron chi connectivity index (χ4n) is 2.54. The molecular weight excluding hydrogens is 312 g/mol. The minimum absolute atomic E-state index is 0.0338. The number of benzene rings is 1. The molecule has 3 aromatic heterocycles. The molecule has 9 heteroatoms. The first-order chi connectivity index (χ1) is 11.7. The van der Waals surface area contributed by atoms with E-state index in [0.717, 1.165) is 5.69 Å². The van der Waals surface area contributed by atoms with Gasteiger partial charge in [0, 0.05) is 5.69 Å². The van der Waals surface area contributed by atoms with Crippen molar-refractivity contribution in [1.82, 2.24) is 25.4 Å². The molecule has 0 aliphatic rings. The van der Waals surface area contributed by atoms with Gasteiger partial charge in [-0.3, -0.25) is 24.9 Å². The number of hydrogen-bond acceptors (Lipinski definition) is 6. The lowest BCUT2D eigenvalue weighted by Gasteiger charge is -2.10. The highest BCUT2D eigenvalue weighted by atomic mass is 16.5. The van der Waals surface area contributed by atoms with E-state index in [9.17, 15) is 9.59 Å². The number of nitrogens with zero attached hydrogens (tertiary/aromatic N) is 2. The molecule has 0 aliphatic carbocycles. The summed E-state index contributed by atoms with van der Waals surface area (Å²) in [6.45, 7) is 0. The number of anilines is 2. The van der Waals surface area contributed by atoms with E-state index in [1.165, 1.54) is 0 Å². The molecule has 0 saturated carbocycles. The molecule has 1 aromatic carbocycles. The van der Waals surface area contributed by atoms with E-state index in [0.29, 0.717) is 22.5 Å². The summed E-state index contributed by atoms with van der Waals surface area (Å²) >= 11 is 0. The molecule has 3 heterocycles. The van der Waals surface area contributed by atoms with Gasteiger partial charge in [-0.2, -0.15) is 5.10 Å². The lowest BCUT2D eigenvalue weighted by molar-refractivity contribution is 0.415. The quantitative estimate of drug-likeness (QED) is 0.449. The SMILES string of the molecule is COc1ccc(Nc2c3cn[nH]c3nc3c(=O)[nH][nH]c(=O)c23)cc1. The Morgan fingerprint density at radius 2 is 1.83 bits per heavy atom. The van der Waals surface area contributed by atoms with Crippen molar-refractivity contribution in [2.45, 2.75) is 0 Å². The summed E-state index contributed by atoms with van der Waals surface area (Å²) < 4.78 is 5.13. The molecule has 4 N–H and O–H groups in total. The molecule has 9 nitrogen and oxygen atoms in total. The second-order valence-electron chi connectivity index (χ2n) is 5.10. The molecule has 0 spiro atoms. The van der Waals surface area contributed by atoms with E-state index in [2.05, 4.69) is 30.7 Å². The zero-order valence-corrected chi connectivity index (χ0v) is 12.5. The Morgan fingerprint density at radius 1 is 1.08 bits per heavy atom. The summed E-state index contributed by atoms with van der Waals surface area (Å²) in [5, 5.41) is 15.2. The lowest BCUT2D eigenvalue weighted by Crippen LogP contribution is -2.21. The third-order valence-electron chi connectivity index (χ3n) is 3.69. The summed E-state index contributed by atoms with van der Waals surface area (Å²) in [5.41, 5.74) is 0.697. The average Bonchev–Trinajstić information content (AvgIpc) is 3.07. The van der Waals surface area contributed by atoms with Gasteiger partial charge in [0.15, 0.2) is 5.65 Å². The minimum atomic E-state index is -0.487. The Morgan fingerprint density at radius 3 is 2.58 bits per heavy atom. The first-order valence-electron chi connectivity index (χ1n) is 7.06. The summed E-state index contributed by atoms with van der Waals surface area (Å²) in [7, 11) is 1.58. The first-order valence-corrected chi connectivity index (χ1v) is 7.06. The Bertz CT molecular complexity index is 1160. The van der Waals surface area contributed by atoms with Gasteiger partial charge in [0.2, 0.25) is 0 Å². The smallest absolute Gasteiger partial charge is 0.289 e. The average molecular weight is 324 g/mol. The van der Waals surface area contributed by atoms with Crippen LogP contribution in [0, 0.1) is 0 Å². The van der Waals surface area contributed by atoms with Crippen LogP contribution in [0.4, 0.5) is 11.4 Å². The number of nitrogens with one attached hydrogen (secondary N) is 4. The van der Waals surface area contributed by atoms with Crippen LogP contribution < -0.4 is 21.2 Å². The van der Waals surface area contributed by atoms with Crippen molar-refractivity contribution >= 4 is 33.3 Å². The number of aromatic nitrogens is 5. The van der Waals surface area contributed by atoms with Crippen LogP contribution >= 0.6 is 0 Å². The number of fused-ring (bicyclic) bond motifs is 2. The molecule has 24 heavy (non-hydrogen) atoms. The van der Waals surface area contributed by atoms with E-state index >= 15 is 0 Å². The van der Waals surface area contributed by atoms with Crippen LogP contribution in [0.15, 0.2) is 40.1 Å². The van der Waals surface area contributed by atoms with Gasteiger partial charge >= 0.3 is 0 Å². The molecule has 0 fully saturated rings. The summed E-state index contributed by atoms with van der Waals surface area (Å²) in [6, 6.07) is 7.18. The van der Waals surface area contributed by atoms with Crippen LogP contribution in [0.1, 0.15) is 0 Å². The van der Waals surface area contributed by atoms with Gasteiger partial charge in [-0.25, -0.2) is 4.98 Å². The molecule has 0 amide bonds. The molecule has 0 radical (unpaired) electrons. The Kier molecular flexibility index (Phi) is 3.05. The van der Waals surface area contributed by atoms with Gasteiger partial charge in [-0.15, -0.1) is 0 Å².